The Balaban J connectivity index is 2.55. The third kappa shape index (κ3) is 2.09. The van der Waals surface area contributed by atoms with Crippen molar-refractivity contribution >= 4 is 0 Å². The summed E-state index contributed by atoms with van der Waals surface area (Å²) in [5.74, 6) is 0. The third-order valence-corrected chi connectivity index (χ3v) is 3.22. The number of nitrogens with two attached hydrogens (primary N) is 2. The van der Waals surface area contributed by atoms with Crippen LogP contribution >= 0.6 is 0 Å². The Hall–Kier alpha value is -1.64. The maximum atomic E-state index is 6.56. The lowest BCUT2D eigenvalue weighted by Crippen LogP contribution is -2.51. The fraction of sp³-hybridized carbons (Fsp3) is 0.200. The van der Waals surface area contributed by atoms with Crippen LogP contribution in [0.25, 0.3) is 0 Å². The monoisotopic (exact) mass is 226 g/mol. The Morgan fingerprint density at radius 2 is 1.18 bits per heavy atom. The Labute approximate surface area is 102 Å². The van der Waals surface area contributed by atoms with Gasteiger partial charge in [0.1, 0.15) is 0 Å². The lowest BCUT2D eigenvalue weighted by Gasteiger charge is -2.34. The summed E-state index contributed by atoms with van der Waals surface area (Å²) in [5, 5.41) is 0. The summed E-state index contributed by atoms with van der Waals surface area (Å²) in [5.41, 5.74) is 14.1. The third-order valence-electron chi connectivity index (χ3n) is 3.22. The standard InChI is InChI=1S/C15H18N2/c1-12(16)15(17,13-8-4-2-5-9-13)14-10-6-3-7-11-14/h2-12H,16-17H2,1H3/t12-/m0/s1. The van der Waals surface area contributed by atoms with Crippen LogP contribution in [0.3, 0.4) is 0 Å². The summed E-state index contributed by atoms with van der Waals surface area (Å²) in [7, 11) is 0. The molecule has 0 aliphatic carbocycles. The van der Waals surface area contributed by atoms with Gasteiger partial charge in [-0.1, -0.05) is 60.7 Å². The van der Waals surface area contributed by atoms with Gasteiger partial charge in [0, 0.05) is 6.04 Å². The molecule has 2 heteroatoms. The van der Waals surface area contributed by atoms with Crippen LogP contribution in [0, 0.1) is 0 Å². The predicted octanol–water partition coefficient (Wildman–Crippen LogP) is 2.24. The second-order valence-electron chi connectivity index (χ2n) is 4.39. The number of rotatable bonds is 3. The van der Waals surface area contributed by atoms with E-state index in [-0.39, 0.29) is 6.04 Å². The van der Waals surface area contributed by atoms with E-state index in [0.29, 0.717) is 0 Å². The number of benzene rings is 2. The molecule has 0 unspecified atom stereocenters. The molecule has 0 aliphatic rings. The zero-order valence-electron chi connectivity index (χ0n) is 10.0. The quantitative estimate of drug-likeness (QED) is 0.843. The van der Waals surface area contributed by atoms with E-state index in [1.165, 1.54) is 0 Å². The molecule has 0 amide bonds. The van der Waals surface area contributed by atoms with Gasteiger partial charge in [0.15, 0.2) is 0 Å². The van der Waals surface area contributed by atoms with Crippen molar-refractivity contribution in [2.75, 3.05) is 0 Å². The van der Waals surface area contributed by atoms with Gasteiger partial charge < -0.3 is 11.5 Å². The van der Waals surface area contributed by atoms with E-state index < -0.39 is 5.54 Å². The van der Waals surface area contributed by atoms with Gasteiger partial charge >= 0.3 is 0 Å². The van der Waals surface area contributed by atoms with E-state index in [4.69, 9.17) is 11.5 Å². The molecular formula is C15H18N2. The van der Waals surface area contributed by atoms with Gasteiger partial charge in [-0.15, -0.1) is 0 Å². The van der Waals surface area contributed by atoms with E-state index in [9.17, 15) is 0 Å². The molecule has 0 aromatic heterocycles. The highest BCUT2D eigenvalue weighted by Gasteiger charge is 2.33. The van der Waals surface area contributed by atoms with Crippen LogP contribution in [0.2, 0.25) is 0 Å². The molecule has 0 radical (unpaired) electrons. The van der Waals surface area contributed by atoms with Crippen LogP contribution < -0.4 is 11.5 Å². The molecule has 0 fully saturated rings. The van der Waals surface area contributed by atoms with Gasteiger partial charge in [-0.2, -0.15) is 0 Å². The Bertz CT molecular complexity index is 423. The molecule has 0 saturated heterocycles. The predicted molar refractivity (Wildman–Crippen MR) is 71.5 cm³/mol. The summed E-state index contributed by atoms with van der Waals surface area (Å²) >= 11 is 0. The summed E-state index contributed by atoms with van der Waals surface area (Å²) in [4.78, 5) is 0. The molecule has 2 rings (SSSR count). The minimum Gasteiger partial charge on any atom is -0.326 e. The number of hydrogen-bond donors (Lipinski definition) is 2. The van der Waals surface area contributed by atoms with Gasteiger partial charge in [-0.25, -0.2) is 0 Å². The highest BCUT2D eigenvalue weighted by atomic mass is 14.9. The zero-order chi connectivity index (χ0) is 12.3. The molecule has 88 valence electrons. The Kier molecular flexibility index (Phi) is 3.27. The second kappa shape index (κ2) is 4.70. The SMILES string of the molecule is C[C@H](N)C(N)(c1ccccc1)c1ccccc1. The average molecular weight is 226 g/mol. The first kappa shape index (κ1) is 11.8. The molecule has 2 aromatic carbocycles. The molecule has 0 aliphatic heterocycles. The van der Waals surface area contributed by atoms with Gasteiger partial charge in [0.2, 0.25) is 0 Å². The zero-order valence-corrected chi connectivity index (χ0v) is 10.0. The van der Waals surface area contributed by atoms with Crippen LogP contribution in [0.1, 0.15) is 18.1 Å². The molecule has 2 aromatic rings. The first-order chi connectivity index (χ1) is 8.15. The summed E-state index contributed by atoms with van der Waals surface area (Å²) in [6.07, 6.45) is 0. The van der Waals surface area contributed by atoms with Gasteiger partial charge in [0.25, 0.3) is 0 Å². The van der Waals surface area contributed by atoms with Crippen LogP contribution in [-0.4, -0.2) is 6.04 Å². The minimum atomic E-state index is -0.636. The van der Waals surface area contributed by atoms with E-state index >= 15 is 0 Å². The molecule has 17 heavy (non-hydrogen) atoms. The molecule has 0 heterocycles. The summed E-state index contributed by atoms with van der Waals surface area (Å²) in [6.45, 7) is 1.94. The topological polar surface area (TPSA) is 52.0 Å². The second-order valence-corrected chi connectivity index (χ2v) is 4.39. The van der Waals surface area contributed by atoms with Crippen LogP contribution in [-0.2, 0) is 5.54 Å². The molecule has 0 bridgehead atoms. The summed E-state index contributed by atoms with van der Waals surface area (Å²) < 4.78 is 0. The highest BCUT2D eigenvalue weighted by molar-refractivity contribution is 5.39. The fourth-order valence-corrected chi connectivity index (χ4v) is 2.12. The maximum absolute atomic E-state index is 6.56. The van der Waals surface area contributed by atoms with Gasteiger partial charge in [-0.3, -0.25) is 0 Å². The van der Waals surface area contributed by atoms with E-state index in [1.54, 1.807) is 0 Å². The van der Waals surface area contributed by atoms with Crippen molar-refractivity contribution < 1.29 is 0 Å². The number of hydrogen-bond acceptors (Lipinski definition) is 2. The lowest BCUT2D eigenvalue weighted by molar-refractivity contribution is 0.446. The molecule has 0 saturated carbocycles. The van der Waals surface area contributed by atoms with E-state index in [0.717, 1.165) is 11.1 Å². The largest absolute Gasteiger partial charge is 0.326 e. The van der Waals surface area contributed by atoms with Crippen molar-refractivity contribution in [3.05, 3.63) is 71.8 Å². The molecular weight excluding hydrogens is 208 g/mol. The molecule has 1 atom stereocenters. The average Bonchev–Trinajstić information content (AvgIpc) is 2.39. The lowest BCUT2D eigenvalue weighted by atomic mass is 9.79. The smallest absolute Gasteiger partial charge is 0.0816 e. The Morgan fingerprint density at radius 1 is 0.824 bits per heavy atom. The molecule has 0 spiro atoms. The van der Waals surface area contributed by atoms with E-state index in [1.807, 2.05) is 67.6 Å². The Morgan fingerprint density at radius 3 is 1.47 bits per heavy atom. The van der Waals surface area contributed by atoms with Crippen LogP contribution in [0.5, 0.6) is 0 Å². The maximum Gasteiger partial charge on any atom is 0.0816 e. The summed E-state index contributed by atoms with van der Waals surface area (Å²) in [6, 6.07) is 19.9. The van der Waals surface area contributed by atoms with Crippen molar-refractivity contribution in [3.8, 4) is 0 Å². The van der Waals surface area contributed by atoms with Crippen molar-refractivity contribution in [1.82, 2.24) is 0 Å². The highest BCUT2D eigenvalue weighted by Crippen LogP contribution is 2.29. The normalized spacial score (nSPS) is 13.4. The van der Waals surface area contributed by atoms with Gasteiger partial charge in [0.05, 0.1) is 5.54 Å². The van der Waals surface area contributed by atoms with Crippen molar-refractivity contribution in [2.24, 2.45) is 11.5 Å². The molecule has 2 nitrogen and oxygen atoms in total. The van der Waals surface area contributed by atoms with E-state index in [2.05, 4.69) is 0 Å². The first-order valence-corrected chi connectivity index (χ1v) is 5.81. The molecule has 4 N–H and O–H groups in total. The minimum absolute atomic E-state index is 0.160. The van der Waals surface area contributed by atoms with Crippen molar-refractivity contribution in [3.63, 3.8) is 0 Å². The van der Waals surface area contributed by atoms with Gasteiger partial charge in [-0.05, 0) is 18.1 Å². The first-order valence-electron chi connectivity index (χ1n) is 5.81. The fourth-order valence-electron chi connectivity index (χ4n) is 2.12. The van der Waals surface area contributed by atoms with Crippen molar-refractivity contribution in [1.29, 1.82) is 0 Å². The van der Waals surface area contributed by atoms with Crippen LogP contribution in [0.4, 0.5) is 0 Å². The van der Waals surface area contributed by atoms with Crippen LogP contribution in [0.15, 0.2) is 60.7 Å². The van der Waals surface area contributed by atoms with Crippen molar-refractivity contribution in [2.45, 2.75) is 18.5 Å².